The summed E-state index contributed by atoms with van der Waals surface area (Å²) in [5.41, 5.74) is 1.08. The van der Waals surface area contributed by atoms with Crippen LogP contribution in [0.1, 0.15) is 25.3 Å². The first kappa shape index (κ1) is 12.4. The lowest BCUT2D eigenvalue weighted by atomic mass is 10.2. The number of aliphatic imine (C=N–C) groups is 1. The number of rotatable bonds is 6. The minimum atomic E-state index is -0.357. The summed E-state index contributed by atoms with van der Waals surface area (Å²) in [5.74, 6) is -0.357. The van der Waals surface area contributed by atoms with E-state index in [4.69, 9.17) is 4.74 Å². The first-order chi connectivity index (χ1) is 7.83. The largest absolute Gasteiger partial charge is 0.461 e. The van der Waals surface area contributed by atoms with E-state index in [0.29, 0.717) is 13.2 Å². The Hall–Kier alpha value is -1.64. The molecule has 0 aliphatic carbocycles. The molecule has 0 spiro atoms. The molecule has 1 aromatic carbocycles. The number of hydrogen-bond donors (Lipinski definition) is 0. The SMILES string of the molecule is CCCCOC(=O)C=NCc1ccccc1. The summed E-state index contributed by atoms with van der Waals surface area (Å²) in [6.07, 6.45) is 3.18. The van der Waals surface area contributed by atoms with Crippen molar-refractivity contribution in [2.75, 3.05) is 6.61 Å². The van der Waals surface area contributed by atoms with Gasteiger partial charge in [-0.3, -0.25) is 4.99 Å². The second kappa shape index (κ2) is 7.63. The number of ether oxygens (including phenoxy) is 1. The molecular formula is C13H17NO2. The molecule has 0 atom stereocenters. The minimum Gasteiger partial charge on any atom is -0.461 e. The van der Waals surface area contributed by atoms with E-state index in [1.165, 1.54) is 6.21 Å². The predicted molar refractivity (Wildman–Crippen MR) is 64.5 cm³/mol. The number of unbranched alkanes of at least 4 members (excludes halogenated alkanes) is 1. The molecule has 3 nitrogen and oxygen atoms in total. The quantitative estimate of drug-likeness (QED) is 0.419. The Morgan fingerprint density at radius 1 is 1.38 bits per heavy atom. The van der Waals surface area contributed by atoms with E-state index in [1.807, 2.05) is 30.3 Å². The molecule has 0 saturated carbocycles. The van der Waals surface area contributed by atoms with Gasteiger partial charge in [-0.1, -0.05) is 43.7 Å². The van der Waals surface area contributed by atoms with Crippen LogP contribution in [-0.2, 0) is 16.1 Å². The maximum Gasteiger partial charge on any atom is 0.348 e. The average Bonchev–Trinajstić information content (AvgIpc) is 2.31. The number of carbonyl (C=O) groups is 1. The highest BCUT2D eigenvalue weighted by atomic mass is 16.5. The molecule has 0 amide bonds. The lowest BCUT2D eigenvalue weighted by Gasteiger charge is -1.98. The summed E-state index contributed by atoms with van der Waals surface area (Å²) in [7, 11) is 0. The number of esters is 1. The van der Waals surface area contributed by atoms with Crippen molar-refractivity contribution in [2.24, 2.45) is 4.99 Å². The van der Waals surface area contributed by atoms with Gasteiger partial charge < -0.3 is 4.74 Å². The van der Waals surface area contributed by atoms with Crippen LogP contribution in [0.3, 0.4) is 0 Å². The molecule has 1 aromatic rings. The van der Waals surface area contributed by atoms with Crippen LogP contribution < -0.4 is 0 Å². The first-order valence-corrected chi connectivity index (χ1v) is 5.53. The average molecular weight is 219 g/mol. The maximum absolute atomic E-state index is 11.1. The second-order valence-electron chi connectivity index (χ2n) is 3.48. The fraction of sp³-hybridized carbons (Fsp3) is 0.385. The normalized spacial score (nSPS) is 10.6. The van der Waals surface area contributed by atoms with E-state index in [-0.39, 0.29) is 5.97 Å². The third-order valence-electron chi connectivity index (χ3n) is 2.06. The van der Waals surface area contributed by atoms with Gasteiger partial charge >= 0.3 is 5.97 Å². The van der Waals surface area contributed by atoms with Gasteiger partial charge in [0, 0.05) is 0 Å². The van der Waals surface area contributed by atoms with Gasteiger partial charge in [-0.25, -0.2) is 4.79 Å². The molecule has 0 saturated heterocycles. The number of carbonyl (C=O) groups excluding carboxylic acids is 1. The Bertz CT molecular complexity index is 333. The van der Waals surface area contributed by atoms with Crippen LogP contribution in [0, 0.1) is 0 Å². The number of nitrogens with zero attached hydrogens (tertiary/aromatic N) is 1. The number of hydrogen-bond acceptors (Lipinski definition) is 3. The molecule has 0 aromatic heterocycles. The highest BCUT2D eigenvalue weighted by Gasteiger charge is 1.96. The molecule has 0 aliphatic heterocycles. The molecular weight excluding hydrogens is 202 g/mol. The fourth-order valence-corrected chi connectivity index (χ4v) is 1.16. The highest BCUT2D eigenvalue weighted by Crippen LogP contribution is 1.99. The Kier molecular flexibility index (Phi) is 5.92. The van der Waals surface area contributed by atoms with Crippen molar-refractivity contribution in [3.8, 4) is 0 Å². The van der Waals surface area contributed by atoms with Gasteiger partial charge in [-0.2, -0.15) is 0 Å². The third-order valence-corrected chi connectivity index (χ3v) is 2.06. The van der Waals surface area contributed by atoms with Gasteiger partial charge in [-0.15, -0.1) is 0 Å². The zero-order valence-electron chi connectivity index (χ0n) is 9.56. The van der Waals surface area contributed by atoms with E-state index in [1.54, 1.807) is 0 Å². The monoisotopic (exact) mass is 219 g/mol. The number of benzene rings is 1. The van der Waals surface area contributed by atoms with Crippen LogP contribution in [0.15, 0.2) is 35.3 Å². The maximum atomic E-state index is 11.1. The molecule has 0 bridgehead atoms. The zero-order chi connectivity index (χ0) is 11.6. The molecule has 0 heterocycles. The van der Waals surface area contributed by atoms with Crippen molar-refractivity contribution >= 4 is 12.2 Å². The Labute approximate surface area is 96.2 Å². The lowest BCUT2D eigenvalue weighted by Crippen LogP contribution is -2.06. The van der Waals surface area contributed by atoms with E-state index < -0.39 is 0 Å². The lowest BCUT2D eigenvalue weighted by molar-refractivity contribution is -0.135. The Balaban J connectivity index is 2.24. The summed E-state index contributed by atoms with van der Waals surface area (Å²) in [6, 6.07) is 9.79. The van der Waals surface area contributed by atoms with E-state index in [2.05, 4.69) is 11.9 Å². The van der Waals surface area contributed by atoms with Gasteiger partial charge in [0.1, 0.15) is 6.21 Å². The van der Waals surface area contributed by atoms with Crippen molar-refractivity contribution in [1.82, 2.24) is 0 Å². The van der Waals surface area contributed by atoms with Crippen molar-refractivity contribution in [2.45, 2.75) is 26.3 Å². The summed E-state index contributed by atoms with van der Waals surface area (Å²) < 4.78 is 4.93. The Morgan fingerprint density at radius 3 is 2.81 bits per heavy atom. The van der Waals surface area contributed by atoms with E-state index >= 15 is 0 Å². The van der Waals surface area contributed by atoms with Crippen LogP contribution in [-0.4, -0.2) is 18.8 Å². The molecule has 16 heavy (non-hydrogen) atoms. The van der Waals surface area contributed by atoms with Crippen LogP contribution in [0.2, 0.25) is 0 Å². The van der Waals surface area contributed by atoms with Gasteiger partial charge in [-0.05, 0) is 12.0 Å². The molecule has 0 unspecified atom stereocenters. The predicted octanol–water partition coefficient (Wildman–Crippen LogP) is 2.60. The molecule has 0 N–H and O–H groups in total. The zero-order valence-corrected chi connectivity index (χ0v) is 9.56. The van der Waals surface area contributed by atoms with Crippen LogP contribution in [0.5, 0.6) is 0 Å². The molecule has 3 heteroatoms. The summed E-state index contributed by atoms with van der Waals surface area (Å²) in [5, 5.41) is 0. The van der Waals surface area contributed by atoms with Crippen molar-refractivity contribution in [1.29, 1.82) is 0 Å². The molecule has 0 aliphatic rings. The van der Waals surface area contributed by atoms with Crippen LogP contribution in [0.25, 0.3) is 0 Å². The van der Waals surface area contributed by atoms with Crippen LogP contribution in [0.4, 0.5) is 0 Å². The van der Waals surface area contributed by atoms with Gasteiger partial charge in [0.15, 0.2) is 0 Å². The topological polar surface area (TPSA) is 38.7 Å². The smallest absolute Gasteiger partial charge is 0.348 e. The second-order valence-corrected chi connectivity index (χ2v) is 3.48. The summed E-state index contributed by atoms with van der Waals surface area (Å²) >= 11 is 0. The molecule has 0 radical (unpaired) electrons. The molecule has 0 fully saturated rings. The minimum absolute atomic E-state index is 0.357. The highest BCUT2D eigenvalue weighted by molar-refractivity contribution is 6.23. The standard InChI is InChI=1S/C13H17NO2/c1-2-3-9-16-13(15)11-14-10-12-7-5-4-6-8-12/h4-8,11H,2-3,9-10H2,1H3. The van der Waals surface area contributed by atoms with Gasteiger partial charge in [0.05, 0.1) is 13.2 Å². The summed E-state index contributed by atoms with van der Waals surface area (Å²) in [6.45, 7) is 3.05. The van der Waals surface area contributed by atoms with Crippen molar-refractivity contribution in [3.63, 3.8) is 0 Å². The fourth-order valence-electron chi connectivity index (χ4n) is 1.16. The Morgan fingerprint density at radius 2 is 2.12 bits per heavy atom. The van der Waals surface area contributed by atoms with Crippen molar-refractivity contribution < 1.29 is 9.53 Å². The molecule has 1 rings (SSSR count). The van der Waals surface area contributed by atoms with E-state index in [0.717, 1.165) is 18.4 Å². The first-order valence-electron chi connectivity index (χ1n) is 5.53. The summed E-state index contributed by atoms with van der Waals surface area (Å²) in [4.78, 5) is 15.2. The van der Waals surface area contributed by atoms with Gasteiger partial charge in [0.25, 0.3) is 0 Å². The van der Waals surface area contributed by atoms with Crippen LogP contribution >= 0.6 is 0 Å². The van der Waals surface area contributed by atoms with Crippen molar-refractivity contribution in [3.05, 3.63) is 35.9 Å². The van der Waals surface area contributed by atoms with Gasteiger partial charge in [0.2, 0.25) is 0 Å². The van der Waals surface area contributed by atoms with E-state index in [9.17, 15) is 4.79 Å². The third kappa shape index (κ3) is 5.29. The molecule has 86 valence electrons.